The van der Waals surface area contributed by atoms with Gasteiger partial charge in [-0.3, -0.25) is 0 Å². The topological polar surface area (TPSA) is 21.3 Å². The standard InChI is InChI=1S/C16H16ClNO/c1-2-10-19-16-9-4-3-6-13(16)12-18-15-8-5-7-14(17)11-15/h2-9,11,18H,1,10,12H2. The smallest absolute Gasteiger partial charge is 0.124 e. The predicted molar refractivity (Wildman–Crippen MR) is 80.9 cm³/mol. The molecule has 2 nitrogen and oxygen atoms in total. The van der Waals surface area contributed by atoms with Gasteiger partial charge >= 0.3 is 0 Å². The molecule has 2 aromatic rings. The van der Waals surface area contributed by atoms with Crippen molar-refractivity contribution in [1.82, 2.24) is 0 Å². The first-order valence-corrected chi connectivity index (χ1v) is 6.48. The Morgan fingerprint density at radius 3 is 2.79 bits per heavy atom. The Morgan fingerprint density at radius 1 is 1.16 bits per heavy atom. The molecule has 0 amide bonds. The molecule has 0 saturated heterocycles. The molecular weight excluding hydrogens is 258 g/mol. The third kappa shape index (κ3) is 4.04. The summed E-state index contributed by atoms with van der Waals surface area (Å²) >= 11 is 5.95. The number of rotatable bonds is 6. The van der Waals surface area contributed by atoms with Crippen molar-refractivity contribution < 1.29 is 4.74 Å². The van der Waals surface area contributed by atoms with Crippen LogP contribution >= 0.6 is 11.6 Å². The number of halogens is 1. The highest BCUT2D eigenvalue weighted by atomic mass is 35.5. The van der Waals surface area contributed by atoms with Crippen molar-refractivity contribution in [1.29, 1.82) is 0 Å². The minimum Gasteiger partial charge on any atom is -0.489 e. The quantitative estimate of drug-likeness (QED) is 0.782. The molecule has 1 N–H and O–H groups in total. The predicted octanol–water partition coefficient (Wildman–Crippen LogP) is 4.52. The lowest BCUT2D eigenvalue weighted by Gasteiger charge is -2.12. The molecule has 0 aliphatic carbocycles. The van der Waals surface area contributed by atoms with Crippen LogP contribution in [-0.4, -0.2) is 6.61 Å². The van der Waals surface area contributed by atoms with Gasteiger partial charge in [-0.2, -0.15) is 0 Å². The van der Waals surface area contributed by atoms with Crippen LogP contribution in [0.15, 0.2) is 61.2 Å². The zero-order valence-corrected chi connectivity index (χ0v) is 11.4. The zero-order valence-electron chi connectivity index (χ0n) is 10.6. The Balaban J connectivity index is 2.04. The van der Waals surface area contributed by atoms with Crippen LogP contribution in [0.2, 0.25) is 5.02 Å². The SMILES string of the molecule is C=CCOc1ccccc1CNc1cccc(Cl)c1. The van der Waals surface area contributed by atoms with E-state index in [1.165, 1.54) is 0 Å². The number of hydrogen-bond donors (Lipinski definition) is 1. The normalized spacial score (nSPS) is 9.95. The molecule has 0 heterocycles. The molecule has 3 heteroatoms. The van der Waals surface area contributed by atoms with Crippen LogP contribution in [0.25, 0.3) is 0 Å². The third-order valence-corrected chi connectivity index (χ3v) is 2.87. The first-order valence-electron chi connectivity index (χ1n) is 6.10. The van der Waals surface area contributed by atoms with Crippen molar-refractivity contribution in [3.05, 3.63) is 71.8 Å². The summed E-state index contributed by atoms with van der Waals surface area (Å²) in [5.74, 6) is 0.872. The van der Waals surface area contributed by atoms with E-state index in [-0.39, 0.29) is 0 Å². The van der Waals surface area contributed by atoms with E-state index in [4.69, 9.17) is 16.3 Å². The van der Waals surface area contributed by atoms with Gasteiger partial charge in [0.2, 0.25) is 0 Å². The minimum absolute atomic E-state index is 0.508. The molecule has 2 aromatic carbocycles. The van der Waals surface area contributed by atoms with Crippen molar-refractivity contribution in [3.63, 3.8) is 0 Å². The van der Waals surface area contributed by atoms with E-state index in [9.17, 15) is 0 Å². The fourth-order valence-corrected chi connectivity index (χ4v) is 1.93. The van der Waals surface area contributed by atoms with E-state index >= 15 is 0 Å². The monoisotopic (exact) mass is 273 g/mol. The Bertz CT molecular complexity index is 554. The Morgan fingerprint density at radius 2 is 2.00 bits per heavy atom. The number of ether oxygens (including phenoxy) is 1. The molecule has 0 atom stereocenters. The molecule has 0 aliphatic heterocycles. The fourth-order valence-electron chi connectivity index (χ4n) is 1.74. The summed E-state index contributed by atoms with van der Waals surface area (Å²) in [5.41, 5.74) is 2.09. The second-order valence-corrected chi connectivity index (χ2v) is 4.51. The van der Waals surface area contributed by atoms with Gasteiger partial charge in [0.05, 0.1) is 0 Å². The zero-order chi connectivity index (χ0) is 13.5. The number of benzene rings is 2. The molecular formula is C16H16ClNO. The molecule has 0 bridgehead atoms. The van der Waals surface area contributed by atoms with Gasteiger partial charge in [0.15, 0.2) is 0 Å². The molecule has 0 fully saturated rings. The molecule has 0 spiro atoms. The van der Waals surface area contributed by atoms with Crippen molar-refractivity contribution in [2.24, 2.45) is 0 Å². The molecule has 19 heavy (non-hydrogen) atoms. The van der Waals surface area contributed by atoms with Crippen molar-refractivity contribution in [2.75, 3.05) is 11.9 Å². The van der Waals surface area contributed by atoms with Gasteiger partial charge in [-0.15, -0.1) is 0 Å². The second-order valence-electron chi connectivity index (χ2n) is 4.07. The van der Waals surface area contributed by atoms with Crippen LogP contribution in [0.4, 0.5) is 5.69 Å². The number of para-hydroxylation sites is 1. The van der Waals surface area contributed by atoms with E-state index in [0.717, 1.165) is 22.0 Å². The molecule has 0 saturated carbocycles. The minimum atomic E-state index is 0.508. The number of anilines is 1. The Hall–Kier alpha value is -1.93. The van der Waals surface area contributed by atoms with Gasteiger partial charge in [-0.25, -0.2) is 0 Å². The van der Waals surface area contributed by atoms with Crippen LogP contribution in [0.5, 0.6) is 5.75 Å². The second kappa shape index (κ2) is 6.86. The van der Waals surface area contributed by atoms with Crippen molar-refractivity contribution in [3.8, 4) is 5.75 Å². The van der Waals surface area contributed by atoms with Gasteiger partial charge in [-0.05, 0) is 24.3 Å². The summed E-state index contributed by atoms with van der Waals surface area (Å²) in [7, 11) is 0. The van der Waals surface area contributed by atoms with Crippen LogP contribution in [0.3, 0.4) is 0 Å². The summed E-state index contributed by atoms with van der Waals surface area (Å²) in [6, 6.07) is 15.6. The Kier molecular flexibility index (Phi) is 4.87. The molecule has 0 aromatic heterocycles. The summed E-state index contributed by atoms with van der Waals surface area (Å²) in [6.07, 6.45) is 1.74. The van der Waals surface area contributed by atoms with Crippen molar-refractivity contribution in [2.45, 2.75) is 6.54 Å². The fraction of sp³-hybridized carbons (Fsp3) is 0.125. The molecule has 98 valence electrons. The maximum atomic E-state index is 5.95. The van der Waals surface area contributed by atoms with E-state index < -0.39 is 0 Å². The van der Waals surface area contributed by atoms with E-state index in [0.29, 0.717) is 13.2 Å². The maximum Gasteiger partial charge on any atom is 0.124 e. The maximum absolute atomic E-state index is 5.95. The number of hydrogen-bond acceptors (Lipinski definition) is 2. The van der Waals surface area contributed by atoms with Gasteiger partial charge in [0, 0.05) is 22.8 Å². The van der Waals surface area contributed by atoms with E-state index in [1.807, 2.05) is 48.5 Å². The van der Waals surface area contributed by atoms with Crippen LogP contribution < -0.4 is 10.1 Å². The first kappa shape index (κ1) is 13.5. The average molecular weight is 274 g/mol. The summed E-state index contributed by atoms with van der Waals surface area (Å²) in [6.45, 7) is 4.85. The van der Waals surface area contributed by atoms with Gasteiger partial charge < -0.3 is 10.1 Å². The molecule has 0 aliphatic rings. The van der Waals surface area contributed by atoms with Crippen LogP contribution in [-0.2, 0) is 6.54 Å². The largest absolute Gasteiger partial charge is 0.489 e. The molecule has 0 unspecified atom stereocenters. The van der Waals surface area contributed by atoms with Crippen LogP contribution in [0, 0.1) is 0 Å². The lowest BCUT2D eigenvalue weighted by molar-refractivity contribution is 0.359. The van der Waals surface area contributed by atoms with Gasteiger partial charge in [0.25, 0.3) is 0 Å². The lowest BCUT2D eigenvalue weighted by atomic mass is 10.2. The third-order valence-electron chi connectivity index (χ3n) is 2.64. The first-order chi connectivity index (χ1) is 9.29. The average Bonchev–Trinajstić information content (AvgIpc) is 2.44. The highest BCUT2D eigenvalue weighted by Crippen LogP contribution is 2.21. The van der Waals surface area contributed by atoms with E-state index in [1.54, 1.807) is 6.08 Å². The highest BCUT2D eigenvalue weighted by Gasteiger charge is 2.02. The number of nitrogens with one attached hydrogen (secondary N) is 1. The van der Waals surface area contributed by atoms with E-state index in [2.05, 4.69) is 11.9 Å². The molecule has 2 rings (SSSR count). The summed E-state index contributed by atoms with van der Waals surface area (Å²) in [5, 5.41) is 4.05. The highest BCUT2D eigenvalue weighted by molar-refractivity contribution is 6.30. The lowest BCUT2D eigenvalue weighted by Crippen LogP contribution is -2.03. The van der Waals surface area contributed by atoms with Crippen molar-refractivity contribution >= 4 is 17.3 Å². The molecule has 0 radical (unpaired) electrons. The van der Waals surface area contributed by atoms with Gasteiger partial charge in [-0.1, -0.05) is 48.5 Å². The van der Waals surface area contributed by atoms with Crippen LogP contribution in [0.1, 0.15) is 5.56 Å². The summed E-state index contributed by atoms with van der Waals surface area (Å²) in [4.78, 5) is 0. The summed E-state index contributed by atoms with van der Waals surface area (Å²) < 4.78 is 5.61. The Labute approximate surface area is 118 Å². The van der Waals surface area contributed by atoms with Gasteiger partial charge in [0.1, 0.15) is 12.4 Å².